The summed E-state index contributed by atoms with van der Waals surface area (Å²) in [5.74, 6) is -1.45. The summed E-state index contributed by atoms with van der Waals surface area (Å²) in [4.78, 5) is 28.8. The molecule has 3 aliphatic rings. The Labute approximate surface area is 157 Å². The number of nitrogens with zero attached hydrogens (tertiary/aromatic N) is 2. The van der Waals surface area contributed by atoms with E-state index in [2.05, 4.69) is 5.32 Å². The van der Waals surface area contributed by atoms with Crippen LogP contribution in [0.4, 0.5) is 10.1 Å². The number of rotatable bonds is 3. The van der Waals surface area contributed by atoms with Gasteiger partial charge in [-0.2, -0.15) is 0 Å². The Balaban J connectivity index is 1.41. The average molecular weight is 376 g/mol. The smallest absolute Gasteiger partial charge is 0.248 e. The molecule has 3 fully saturated rings. The van der Waals surface area contributed by atoms with Gasteiger partial charge in [0.1, 0.15) is 5.82 Å². The van der Waals surface area contributed by atoms with Crippen molar-refractivity contribution in [2.45, 2.75) is 25.3 Å². The van der Waals surface area contributed by atoms with Crippen LogP contribution in [0.2, 0.25) is 0 Å². The summed E-state index contributed by atoms with van der Waals surface area (Å²) >= 11 is 0. The van der Waals surface area contributed by atoms with Gasteiger partial charge in [-0.15, -0.1) is 0 Å². The molecular weight excluding hydrogens is 351 g/mol. The summed E-state index contributed by atoms with van der Waals surface area (Å²) in [5.41, 5.74) is 2.38. The van der Waals surface area contributed by atoms with E-state index < -0.39 is 17.9 Å². The standard InChI is InChI=1S/C19H25FN4O3/c20-14-3-1-2-4-15(14)23-7-9-24(10-8-23)18(26)16-13(17(25)22-27)11-19(5-6-19)12-21-16/h1-4,13,16,21,27H,5-12H2,(H,22,25)/t13?,16-/m0/s1. The number of carbonyl (C=O) groups is 2. The number of amides is 2. The fourth-order valence-corrected chi connectivity index (χ4v) is 4.34. The Kier molecular flexibility index (Phi) is 4.77. The van der Waals surface area contributed by atoms with Gasteiger partial charge in [-0.25, -0.2) is 9.87 Å². The van der Waals surface area contributed by atoms with Crippen LogP contribution in [-0.4, -0.2) is 60.7 Å². The molecule has 27 heavy (non-hydrogen) atoms. The molecule has 4 rings (SSSR count). The summed E-state index contributed by atoms with van der Waals surface area (Å²) < 4.78 is 14.0. The number of nitrogens with one attached hydrogen (secondary N) is 2. The molecule has 1 aromatic carbocycles. The highest BCUT2D eigenvalue weighted by atomic mass is 19.1. The molecule has 0 aromatic heterocycles. The van der Waals surface area contributed by atoms with Crippen LogP contribution in [-0.2, 0) is 9.59 Å². The second kappa shape index (κ2) is 7.09. The van der Waals surface area contributed by atoms with Gasteiger partial charge >= 0.3 is 0 Å². The second-order valence-corrected chi connectivity index (χ2v) is 7.91. The minimum atomic E-state index is -0.622. The lowest BCUT2D eigenvalue weighted by Gasteiger charge is -2.41. The van der Waals surface area contributed by atoms with Gasteiger partial charge in [-0.3, -0.25) is 14.8 Å². The molecule has 0 radical (unpaired) electrons. The normalized spacial score (nSPS) is 26.7. The van der Waals surface area contributed by atoms with E-state index in [1.807, 2.05) is 4.90 Å². The van der Waals surface area contributed by atoms with Gasteiger partial charge in [0, 0.05) is 32.7 Å². The third-order valence-electron chi connectivity index (χ3n) is 6.21. The van der Waals surface area contributed by atoms with Crippen LogP contribution in [0.15, 0.2) is 24.3 Å². The second-order valence-electron chi connectivity index (χ2n) is 7.91. The largest absolute Gasteiger partial charge is 0.366 e. The van der Waals surface area contributed by atoms with Crippen LogP contribution in [0.5, 0.6) is 0 Å². The molecule has 1 aliphatic carbocycles. The van der Waals surface area contributed by atoms with E-state index >= 15 is 0 Å². The van der Waals surface area contributed by atoms with Crippen LogP contribution in [0.3, 0.4) is 0 Å². The van der Waals surface area contributed by atoms with Crippen LogP contribution < -0.4 is 15.7 Å². The highest BCUT2D eigenvalue weighted by Gasteiger charge is 2.52. The first-order chi connectivity index (χ1) is 13.0. The number of hydroxylamine groups is 1. The van der Waals surface area contributed by atoms with Crippen LogP contribution in [0.1, 0.15) is 19.3 Å². The molecule has 1 saturated carbocycles. The molecule has 7 nitrogen and oxygen atoms in total. The highest BCUT2D eigenvalue weighted by molar-refractivity contribution is 5.90. The van der Waals surface area contributed by atoms with Gasteiger partial charge in [-0.05, 0) is 36.8 Å². The minimum Gasteiger partial charge on any atom is -0.366 e. The van der Waals surface area contributed by atoms with E-state index in [4.69, 9.17) is 5.21 Å². The summed E-state index contributed by atoms with van der Waals surface area (Å²) in [6.45, 7) is 2.77. The van der Waals surface area contributed by atoms with Crippen molar-refractivity contribution in [3.8, 4) is 0 Å². The number of piperazine rings is 1. The Morgan fingerprint density at radius 2 is 1.89 bits per heavy atom. The highest BCUT2D eigenvalue weighted by Crippen LogP contribution is 2.52. The van der Waals surface area contributed by atoms with Gasteiger partial charge < -0.3 is 15.1 Å². The van der Waals surface area contributed by atoms with Gasteiger partial charge in [0.05, 0.1) is 17.6 Å². The fourth-order valence-electron chi connectivity index (χ4n) is 4.34. The Morgan fingerprint density at radius 3 is 2.52 bits per heavy atom. The molecule has 2 heterocycles. The van der Waals surface area contributed by atoms with Gasteiger partial charge in [-0.1, -0.05) is 12.1 Å². The van der Waals surface area contributed by atoms with Gasteiger partial charge in [0.15, 0.2) is 0 Å². The van der Waals surface area contributed by atoms with Crippen LogP contribution in [0.25, 0.3) is 0 Å². The molecule has 2 amide bonds. The zero-order valence-corrected chi connectivity index (χ0v) is 15.2. The number of anilines is 1. The molecule has 2 atom stereocenters. The lowest BCUT2D eigenvalue weighted by Crippen LogP contribution is -2.61. The zero-order valence-electron chi connectivity index (χ0n) is 15.2. The summed E-state index contributed by atoms with van der Waals surface area (Å²) in [6.07, 6.45) is 2.73. The maximum Gasteiger partial charge on any atom is 0.248 e. The van der Waals surface area contributed by atoms with Crippen LogP contribution >= 0.6 is 0 Å². The topological polar surface area (TPSA) is 84.9 Å². The van der Waals surface area contributed by atoms with Gasteiger partial charge in [0.25, 0.3) is 0 Å². The number of benzene rings is 1. The molecule has 1 spiro atoms. The molecule has 0 bridgehead atoms. The van der Waals surface area contributed by atoms with Crippen molar-refractivity contribution in [1.29, 1.82) is 0 Å². The number of halogens is 1. The van der Waals surface area contributed by atoms with Crippen molar-refractivity contribution < 1.29 is 19.2 Å². The molecule has 3 N–H and O–H groups in total. The molecule has 1 unspecified atom stereocenters. The van der Waals surface area contributed by atoms with Crippen molar-refractivity contribution in [3.05, 3.63) is 30.1 Å². The third-order valence-corrected chi connectivity index (χ3v) is 6.21. The fraction of sp³-hybridized carbons (Fsp3) is 0.579. The monoisotopic (exact) mass is 376 g/mol. The molecule has 2 saturated heterocycles. The van der Waals surface area contributed by atoms with Crippen molar-refractivity contribution >= 4 is 17.5 Å². The minimum absolute atomic E-state index is 0.109. The Morgan fingerprint density at radius 1 is 1.19 bits per heavy atom. The number of para-hydroxylation sites is 1. The van der Waals surface area contributed by atoms with Crippen molar-refractivity contribution in [2.24, 2.45) is 11.3 Å². The van der Waals surface area contributed by atoms with Crippen LogP contribution in [0, 0.1) is 17.2 Å². The summed E-state index contributed by atoms with van der Waals surface area (Å²) in [7, 11) is 0. The first-order valence-electron chi connectivity index (χ1n) is 9.49. The van der Waals surface area contributed by atoms with E-state index in [-0.39, 0.29) is 17.1 Å². The molecule has 146 valence electrons. The Bertz CT molecular complexity index is 731. The number of piperidine rings is 1. The SMILES string of the molecule is O=C(NO)C1CC2(CC2)CN[C@@H]1C(=O)N1CCN(c2ccccc2F)CC1. The lowest BCUT2D eigenvalue weighted by atomic mass is 9.81. The predicted octanol–water partition coefficient (Wildman–Crippen LogP) is 0.738. The number of carbonyl (C=O) groups excluding carboxylic acids is 2. The molecular formula is C19H25FN4O3. The van der Waals surface area contributed by atoms with E-state index in [1.165, 1.54) is 6.07 Å². The van der Waals surface area contributed by atoms with E-state index in [0.29, 0.717) is 38.3 Å². The predicted molar refractivity (Wildman–Crippen MR) is 96.7 cm³/mol. The summed E-state index contributed by atoms with van der Waals surface area (Å²) in [6, 6.07) is 6.01. The van der Waals surface area contributed by atoms with Gasteiger partial charge in [0.2, 0.25) is 11.8 Å². The first-order valence-corrected chi connectivity index (χ1v) is 9.49. The average Bonchev–Trinajstić information content (AvgIpc) is 3.46. The quantitative estimate of drug-likeness (QED) is 0.535. The maximum atomic E-state index is 14.0. The van der Waals surface area contributed by atoms with E-state index in [1.54, 1.807) is 28.6 Å². The third kappa shape index (κ3) is 3.51. The van der Waals surface area contributed by atoms with Crippen molar-refractivity contribution in [3.63, 3.8) is 0 Å². The maximum absolute atomic E-state index is 14.0. The number of hydrogen-bond acceptors (Lipinski definition) is 5. The molecule has 2 aliphatic heterocycles. The molecule has 8 heteroatoms. The van der Waals surface area contributed by atoms with E-state index in [0.717, 1.165) is 19.4 Å². The van der Waals surface area contributed by atoms with Crippen molar-refractivity contribution in [2.75, 3.05) is 37.6 Å². The first kappa shape index (κ1) is 18.2. The van der Waals surface area contributed by atoms with Crippen molar-refractivity contribution in [1.82, 2.24) is 15.7 Å². The summed E-state index contributed by atoms with van der Waals surface area (Å²) in [5, 5.41) is 12.3. The van der Waals surface area contributed by atoms with E-state index in [9.17, 15) is 14.0 Å². The lowest BCUT2D eigenvalue weighted by molar-refractivity contribution is -0.145. The zero-order chi connectivity index (χ0) is 19.0. The Hall–Kier alpha value is -2.19. The number of hydrogen-bond donors (Lipinski definition) is 3. The molecule has 1 aromatic rings.